The Hall–Kier alpha value is -1.68. The van der Waals surface area contributed by atoms with Gasteiger partial charge in [0.1, 0.15) is 5.52 Å². The summed E-state index contributed by atoms with van der Waals surface area (Å²) in [5.41, 5.74) is 0.910. The molecule has 0 N–H and O–H groups in total. The van der Waals surface area contributed by atoms with Gasteiger partial charge in [-0.25, -0.2) is 4.79 Å². The van der Waals surface area contributed by atoms with Crippen molar-refractivity contribution in [2.24, 2.45) is 0 Å². The monoisotopic (exact) mass is 221 g/mol. The van der Waals surface area contributed by atoms with Crippen molar-refractivity contribution in [1.29, 1.82) is 0 Å². The summed E-state index contributed by atoms with van der Waals surface area (Å²) in [4.78, 5) is 11.4. The van der Waals surface area contributed by atoms with E-state index in [1.165, 1.54) is 4.57 Å². The maximum atomic E-state index is 11.4. The van der Waals surface area contributed by atoms with E-state index in [9.17, 15) is 4.79 Å². The molecule has 1 heterocycles. The van der Waals surface area contributed by atoms with Gasteiger partial charge >= 0.3 is 5.69 Å². The first kappa shape index (κ1) is 9.86. The highest BCUT2D eigenvalue weighted by atomic mass is 35.5. The highest BCUT2D eigenvalue weighted by Crippen LogP contribution is 2.15. The predicted octanol–water partition coefficient (Wildman–Crippen LogP) is 1.63. The quantitative estimate of drug-likeness (QED) is 0.725. The van der Waals surface area contributed by atoms with Gasteiger partial charge in [0.05, 0.1) is 5.52 Å². The summed E-state index contributed by atoms with van der Waals surface area (Å²) in [6, 6.07) is 5.13. The van der Waals surface area contributed by atoms with Gasteiger partial charge < -0.3 is 0 Å². The Morgan fingerprint density at radius 1 is 1.47 bits per heavy atom. The second kappa shape index (κ2) is 3.82. The van der Waals surface area contributed by atoms with Crippen molar-refractivity contribution in [2.45, 2.75) is 6.54 Å². The number of benzene rings is 1. The van der Waals surface area contributed by atoms with Crippen LogP contribution in [0.3, 0.4) is 0 Å². The molecule has 0 saturated carbocycles. The minimum Gasteiger partial charge on any atom is -0.285 e. The first-order valence-corrected chi connectivity index (χ1v) is 4.74. The zero-order chi connectivity index (χ0) is 10.8. The number of allylic oxidation sites excluding steroid dienone is 1. The average molecular weight is 222 g/mol. The number of rotatable bonds is 2. The van der Waals surface area contributed by atoms with Gasteiger partial charge in [-0.1, -0.05) is 22.8 Å². The molecule has 0 amide bonds. The van der Waals surface area contributed by atoms with Crippen molar-refractivity contribution in [3.63, 3.8) is 0 Å². The van der Waals surface area contributed by atoms with Crippen LogP contribution in [0, 0.1) is 0 Å². The Morgan fingerprint density at radius 2 is 2.27 bits per heavy atom. The number of hydrogen-bond donors (Lipinski definition) is 0. The fraction of sp³-hybridized carbons (Fsp3) is 0.100. The Bertz CT molecular complexity index is 576. The smallest absolute Gasteiger partial charge is 0.285 e. The largest absolute Gasteiger partial charge is 0.367 e. The molecule has 0 spiro atoms. The first-order valence-electron chi connectivity index (χ1n) is 4.36. The molecule has 76 valence electrons. The van der Waals surface area contributed by atoms with Crippen LogP contribution in [0.2, 0.25) is 5.02 Å². The third-order valence-corrected chi connectivity index (χ3v) is 2.25. The molecule has 1 aromatic heterocycles. The van der Waals surface area contributed by atoms with Crippen LogP contribution >= 0.6 is 11.6 Å². The van der Waals surface area contributed by atoms with Crippen molar-refractivity contribution >= 4 is 22.6 Å². The molecular weight excluding hydrogens is 214 g/mol. The lowest BCUT2D eigenvalue weighted by Gasteiger charge is -2.05. The average Bonchev–Trinajstić information content (AvgIpc) is 2.23. The lowest BCUT2D eigenvalue weighted by Crippen LogP contribution is -2.23. The number of halogens is 1. The van der Waals surface area contributed by atoms with Crippen LogP contribution in [-0.4, -0.2) is 14.8 Å². The molecule has 0 aliphatic rings. The van der Waals surface area contributed by atoms with Crippen molar-refractivity contribution in [1.82, 2.24) is 14.8 Å². The molecule has 0 saturated heterocycles. The zero-order valence-electron chi connectivity index (χ0n) is 7.85. The summed E-state index contributed by atoms with van der Waals surface area (Å²) in [5.74, 6) is 0. The number of nitrogens with zero attached hydrogens (tertiary/aromatic N) is 3. The van der Waals surface area contributed by atoms with Gasteiger partial charge in [0.2, 0.25) is 0 Å². The van der Waals surface area contributed by atoms with E-state index in [-0.39, 0.29) is 0 Å². The van der Waals surface area contributed by atoms with Gasteiger partial charge in [-0.15, -0.1) is 11.7 Å². The van der Waals surface area contributed by atoms with E-state index in [1.54, 1.807) is 24.3 Å². The number of hydrogen-bond acceptors (Lipinski definition) is 3. The maximum absolute atomic E-state index is 11.4. The van der Waals surface area contributed by atoms with Gasteiger partial charge in [0, 0.05) is 11.6 Å². The molecule has 0 unspecified atom stereocenters. The van der Waals surface area contributed by atoms with Gasteiger partial charge in [-0.3, -0.25) is 4.57 Å². The fourth-order valence-electron chi connectivity index (χ4n) is 1.36. The summed E-state index contributed by atoms with van der Waals surface area (Å²) >= 11 is 5.85. The number of aromatic nitrogens is 3. The van der Waals surface area contributed by atoms with E-state index < -0.39 is 5.69 Å². The maximum Gasteiger partial charge on any atom is 0.367 e. The summed E-state index contributed by atoms with van der Waals surface area (Å²) in [5, 5.41) is 7.87. The second-order valence-corrected chi connectivity index (χ2v) is 3.45. The van der Waals surface area contributed by atoms with Gasteiger partial charge in [0.15, 0.2) is 0 Å². The van der Waals surface area contributed by atoms with E-state index in [2.05, 4.69) is 16.8 Å². The summed E-state index contributed by atoms with van der Waals surface area (Å²) in [6.45, 7) is 3.98. The van der Waals surface area contributed by atoms with Crippen molar-refractivity contribution in [2.75, 3.05) is 0 Å². The fourth-order valence-corrected chi connectivity index (χ4v) is 1.52. The SMILES string of the molecule is C=CCn1c(=O)nnc2ccc(Cl)cc21. The van der Waals surface area contributed by atoms with Crippen LogP contribution in [0.5, 0.6) is 0 Å². The molecule has 2 aromatic rings. The summed E-state index contributed by atoms with van der Waals surface area (Å²) in [7, 11) is 0. The Labute approximate surface area is 90.8 Å². The lowest BCUT2D eigenvalue weighted by molar-refractivity contribution is 0.749. The van der Waals surface area contributed by atoms with Gasteiger partial charge in [0.25, 0.3) is 0 Å². The van der Waals surface area contributed by atoms with Crippen LogP contribution < -0.4 is 5.69 Å². The van der Waals surface area contributed by atoms with Crippen LogP contribution in [0.25, 0.3) is 11.0 Å². The lowest BCUT2D eigenvalue weighted by atomic mass is 10.3. The highest BCUT2D eigenvalue weighted by Gasteiger charge is 2.04. The predicted molar refractivity (Wildman–Crippen MR) is 59.0 cm³/mol. The van der Waals surface area contributed by atoms with Crippen molar-refractivity contribution < 1.29 is 0 Å². The molecule has 15 heavy (non-hydrogen) atoms. The highest BCUT2D eigenvalue weighted by molar-refractivity contribution is 6.31. The van der Waals surface area contributed by atoms with E-state index in [1.807, 2.05) is 0 Å². The third kappa shape index (κ3) is 1.76. The molecule has 0 radical (unpaired) electrons. The van der Waals surface area contributed by atoms with E-state index in [0.717, 1.165) is 0 Å². The minimum atomic E-state index is -0.398. The molecule has 1 aromatic carbocycles. The summed E-state index contributed by atoms with van der Waals surface area (Å²) in [6.07, 6.45) is 1.63. The van der Waals surface area contributed by atoms with Gasteiger partial charge in [-0.05, 0) is 18.2 Å². The first-order chi connectivity index (χ1) is 7.22. The number of fused-ring (bicyclic) bond motifs is 1. The second-order valence-electron chi connectivity index (χ2n) is 3.01. The van der Waals surface area contributed by atoms with Crippen LogP contribution in [0.1, 0.15) is 0 Å². The molecule has 4 nitrogen and oxygen atoms in total. The minimum absolute atomic E-state index is 0.394. The summed E-state index contributed by atoms with van der Waals surface area (Å²) < 4.78 is 1.47. The molecule has 0 aliphatic carbocycles. The van der Waals surface area contributed by atoms with Gasteiger partial charge in [-0.2, -0.15) is 0 Å². The van der Waals surface area contributed by atoms with Crippen molar-refractivity contribution in [3.8, 4) is 0 Å². The van der Waals surface area contributed by atoms with E-state index in [0.29, 0.717) is 22.6 Å². The van der Waals surface area contributed by atoms with Crippen LogP contribution in [0.15, 0.2) is 35.6 Å². The van der Waals surface area contributed by atoms with Crippen LogP contribution in [-0.2, 0) is 6.54 Å². The molecule has 0 aliphatic heterocycles. The standard InChI is InChI=1S/C10H8ClN3O/c1-2-5-14-9-6-7(11)3-4-8(9)12-13-10(14)15/h2-4,6H,1,5H2. The molecule has 2 rings (SSSR count). The van der Waals surface area contributed by atoms with E-state index >= 15 is 0 Å². The molecule has 0 bridgehead atoms. The van der Waals surface area contributed by atoms with Crippen LogP contribution in [0.4, 0.5) is 0 Å². The van der Waals surface area contributed by atoms with E-state index in [4.69, 9.17) is 11.6 Å². The normalized spacial score (nSPS) is 10.5. The Balaban J connectivity index is 2.84. The molecule has 0 fully saturated rings. The third-order valence-electron chi connectivity index (χ3n) is 2.01. The molecular formula is C10H8ClN3O. The molecule has 0 atom stereocenters. The Morgan fingerprint density at radius 3 is 3.00 bits per heavy atom. The Kier molecular flexibility index (Phi) is 2.51. The van der Waals surface area contributed by atoms with Crippen molar-refractivity contribution in [3.05, 3.63) is 46.4 Å². The zero-order valence-corrected chi connectivity index (χ0v) is 8.61. The topological polar surface area (TPSA) is 47.8 Å². The molecule has 5 heteroatoms.